The van der Waals surface area contributed by atoms with E-state index in [1.165, 1.54) is 55.6 Å². The highest BCUT2D eigenvalue weighted by Crippen LogP contribution is 2.54. The van der Waals surface area contributed by atoms with Gasteiger partial charge in [-0.2, -0.15) is 0 Å². The zero-order valence-electron chi connectivity index (χ0n) is 21.9. The number of rotatable bonds is 3. The zero-order valence-corrected chi connectivity index (χ0v) is 21.9. The average molecular weight is 478 g/mol. The molecule has 1 nitrogen and oxygen atoms in total. The zero-order chi connectivity index (χ0) is 25.4. The number of hydrogen-bond acceptors (Lipinski definition) is 1. The van der Waals surface area contributed by atoms with Crippen molar-refractivity contribution < 1.29 is 0 Å². The fraction of sp³-hybridized carbons (Fsp3) is 0.167. The SMILES string of the molecule is CC1(C)c2ccccc2-c2ccc(Nc3ccc4c(c3-c3ccccc3)C(C)(C)c3ccccc3-4)cc21. The van der Waals surface area contributed by atoms with Crippen molar-refractivity contribution in [3.8, 4) is 33.4 Å². The Morgan fingerprint density at radius 3 is 1.78 bits per heavy atom. The molecule has 37 heavy (non-hydrogen) atoms. The van der Waals surface area contributed by atoms with Gasteiger partial charge in [-0.05, 0) is 68.3 Å². The van der Waals surface area contributed by atoms with Crippen molar-refractivity contribution >= 4 is 11.4 Å². The lowest BCUT2D eigenvalue weighted by molar-refractivity contribution is 0.660. The highest BCUT2D eigenvalue weighted by atomic mass is 14.9. The molecule has 0 saturated heterocycles. The Labute approximate surface area is 219 Å². The van der Waals surface area contributed by atoms with E-state index in [-0.39, 0.29) is 10.8 Å². The lowest BCUT2D eigenvalue weighted by Gasteiger charge is -2.27. The van der Waals surface area contributed by atoms with Gasteiger partial charge in [-0.25, -0.2) is 0 Å². The maximum absolute atomic E-state index is 3.86. The molecule has 0 atom stereocenters. The Morgan fingerprint density at radius 2 is 1.05 bits per heavy atom. The summed E-state index contributed by atoms with van der Waals surface area (Å²) in [5.41, 5.74) is 15.7. The Morgan fingerprint density at radius 1 is 0.486 bits per heavy atom. The quantitative estimate of drug-likeness (QED) is 0.273. The van der Waals surface area contributed by atoms with E-state index in [1.54, 1.807) is 0 Å². The number of anilines is 2. The van der Waals surface area contributed by atoms with Gasteiger partial charge in [-0.3, -0.25) is 0 Å². The van der Waals surface area contributed by atoms with Gasteiger partial charge in [-0.15, -0.1) is 0 Å². The van der Waals surface area contributed by atoms with Crippen molar-refractivity contribution in [1.82, 2.24) is 0 Å². The molecule has 1 heteroatoms. The normalized spacial score (nSPS) is 15.5. The van der Waals surface area contributed by atoms with Gasteiger partial charge in [0.25, 0.3) is 0 Å². The molecule has 0 radical (unpaired) electrons. The van der Waals surface area contributed by atoms with Gasteiger partial charge in [0, 0.05) is 27.8 Å². The van der Waals surface area contributed by atoms with Crippen LogP contribution in [0.3, 0.4) is 0 Å². The van der Waals surface area contributed by atoms with Crippen LogP contribution in [0.1, 0.15) is 49.9 Å². The van der Waals surface area contributed by atoms with Crippen LogP contribution in [0.4, 0.5) is 11.4 Å². The van der Waals surface area contributed by atoms with E-state index in [4.69, 9.17) is 0 Å². The first-order valence-electron chi connectivity index (χ1n) is 13.2. The first kappa shape index (κ1) is 22.1. The first-order chi connectivity index (χ1) is 17.9. The lowest BCUT2D eigenvalue weighted by Crippen LogP contribution is -2.17. The molecule has 1 N–H and O–H groups in total. The van der Waals surface area contributed by atoms with Crippen LogP contribution in [0.5, 0.6) is 0 Å². The van der Waals surface area contributed by atoms with E-state index in [0.29, 0.717) is 0 Å². The van der Waals surface area contributed by atoms with Crippen LogP contribution >= 0.6 is 0 Å². The maximum atomic E-state index is 3.86. The maximum Gasteiger partial charge on any atom is 0.0467 e. The van der Waals surface area contributed by atoms with Gasteiger partial charge in [-0.1, -0.05) is 119 Å². The number of nitrogens with one attached hydrogen (secondary N) is 1. The highest BCUT2D eigenvalue weighted by Gasteiger charge is 2.39. The Kier molecular flexibility index (Phi) is 4.60. The molecule has 0 saturated carbocycles. The fourth-order valence-electron chi connectivity index (χ4n) is 6.82. The van der Waals surface area contributed by atoms with E-state index in [2.05, 4.69) is 142 Å². The van der Waals surface area contributed by atoms with Crippen molar-refractivity contribution in [1.29, 1.82) is 0 Å². The summed E-state index contributed by atoms with van der Waals surface area (Å²) in [7, 11) is 0. The lowest BCUT2D eigenvalue weighted by atomic mass is 9.78. The Balaban J connectivity index is 1.40. The average Bonchev–Trinajstić information content (AvgIpc) is 3.29. The van der Waals surface area contributed by atoms with Crippen LogP contribution in [0.15, 0.2) is 109 Å². The first-order valence-corrected chi connectivity index (χ1v) is 13.2. The molecular weight excluding hydrogens is 446 g/mol. The minimum atomic E-state index is -0.0869. The summed E-state index contributed by atoms with van der Waals surface area (Å²) in [6, 6.07) is 40.0. The fourth-order valence-corrected chi connectivity index (χ4v) is 6.82. The summed E-state index contributed by atoms with van der Waals surface area (Å²) in [5.74, 6) is 0. The molecule has 0 unspecified atom stereocenters. The molecule has 2 aliphatic carbocycles. The molecule has 5 aromatic rings. The van der Waals surface area contributed by atoms with E-state index < -0.39 is 0 Å². The van der Waals surface area contributed by atoms with Crippen molar-refractivity contribution in [2.45, 2.75) is 38.5 Å². The number of benzene rings is 5. The molecule has 0 fully saturated rings. The molecule has 7 rings (SSSR count). The topological polar surface area (TPSA) is 12.0 Å². The van der Waals surface area contributed by atoms with Crippen molar-refractivity contribution in [3.05, 3.63) is 131 Å². The van der Waals surface area contributed by atoms with Gasteiger partial charge in [0.15, 0.2) is 0 Å². The molecule has 0 amide bonds. The van der Waals surface area contributed by atoms with E-state index in [1.807, 2.05) is 0 Å². The van der Waals surface area contributed by atoms with Crippen LogP contribution < -0.4 is 5.32 Å². The Bertz CT molecular complexity index is 1690. The van der Waals surface area contributed by atoms with Crippen LogP contribution in [-0.2, 0) is 10.8 Å². The third kappa shape index (κ3) is 3.10. The van der Waals surface area contributed by atoms with Crippen LogP contribution in [0, 0.1) is 0 Å². The second-order valence-corrected chi connectivity index (χ2v) is 11.5. The third-order valence-electron chi connectivity index (χ3n) is 8.65. The third-order valence-corrected chi connectivity index (χ3v) is 8.65. The largest absolute Gasteiger partial charge is 0.355 e. The molecule has 0 heterocycles. The van der Waals surface area contributed by atoms with Crippen LogP contribution in [0.2, 0.25) is 0 Å². The van der Waals surface area contributed by atoms with E-state index in [0.717, 1.165) is 11.4 Å². The molecule has 0 bridgehead atoms. The summed E-state index contributed by atoms with van der Waals surface area (Å²) in [5, 5.41) is 3.86. The molecule has 0 aliphatic heterocycles. The minimum absolute atomic E-state index is 0.0204. The predicted octanol–water partition coefficient (Wildman–Crippen LogP) is 9.71. The number of hydrogen-bond donors (Lipinski definition) is 1. The molecular formula is C36H31N. The smallest absolute Gasteiger partial charge is 0.0467 e. The van der Waals surface area contributed by atoms with Crippen molar-refractivity contribution in [3.63, 3.8) is 0 Å². The molecule has 0 aromatic heterocycles. The minimum Gasteiger partial charge on any atom is -0.355 e. The van der Waals surface area contributed by atoms with E-state index in [9.17, 15) is 0 Å². The van der Waals surface area contributed by atoms with Gasteiger partial charge in [0.1, 0.15) is 0 Å². The van der Waals surface area contributed by atoms with Gasteiger partial charge < -0.3 is 5.32 Å². The predicted molar refractivity (Wildman–Crippen MR) is 157 cm³/mol. The monoisotopic (exact) mass is 477 g/mol. The summed E-state index contributed by atoms with van der Waals surface area (Å²) < 4.78 is 0. The summed E-state index contributed by atoms with van der Waals surface area (Å²) >= 11 is 0. The summed E-state index contributed by atoms with van der Waals surface area (Å²) in [6.07, 6.45) is 0. The van der Waals surface area contributed by atoms with Crippen LogP contribution in [-0.4, -0.2) is 0 Å². The Hall–Kier alpha value is -4.10. The van der Waals surface area contributed by atoms with Crippen LogP contribution in [0.25, 0.3) is 33.4 Å². The second-order valence-electron chi connectivity index (χ2n) is 11.5. The van der Waals surface area contributed by atoms with Gasteiger partial charge >= 0.3 is 0 Å². The van der Waals surface area contributed by atoms with E-state index >= 15 is 0 Å². The highest BCUT2D eigenvalue weighted by molar-refractivity contribution is 5.95. The van der Waals surface area contributed by atoms with Crippen molar-refractivity contribution in [2.24, 2.45) is 0 Å². The molecule has 180 valence electrons. The standard InChI is InChI=1S/C36H31N/c1-35(2)29-16-10-8-14-25(29)27-19-18-24(22-31(27)35)37-32-21-20-28-26-15-9-11-17-30(26)36(3,4)34(28)33(32)23-12-6-5-7-13-23/h5-22,37H,1-4H3. The molecule has 5 aromatic carbocycles. The van der Waals surface area contributed by atoms with Crippen molar-refractivity contribution in [2.75, 3.05) is 5.32 Å². The molecule has 0 spiro atoms. The summed E-state index contributed by atoms with van der Waals surface area (Å²) in [4.78, 5) is 0. The van der Waals surface area contributed by atoms with Gasteiger partial charge in [0.05, 0.1) is 0 Å². The number of fused-ring (bicyclic) bond motifs is 6. The second kappa shape index (κ2) is 7.70. The molecule has 2 aliphatic rings. The summed E-state index contributed by atoms with van der Waals surface area (Å²) in [6.45, 7) is 9.41. The van der Waals surface area contributed by atoms with Gasteiger partial charge in [0.2, 0.25) is 0 Å².